The lowest BCUT2D eigenvalue weighted by atomic mass is 10.0. The molecule has 24 heavy (non-hydrogen) atoms. The first-order valence-electron chi connectivity index (χ1n) is 7.55. The van der Waals surface area contributed by atoms with Crippen LogP contribution in [0.25, 0.3) is 0 Å². The number of esters is 1. The third-order valence-electron chi connectivity index (χ3n) is 3.50. The van der Waals surface area contributed by atoms with Crippen molar-refractivity contribution in [3.8, 4) is 11.5 Å². The minimum absolute atomic E-state index is 0.0173. The zero-order chi connectivity index (χ0) is 17.7. The molecule has 0 spiro atoms. The van der Waals surface area contributed by atoms with Gasteiger partial charge in [-0.25, -0.2) is 4.79 Å². The van der Waals surface area contributed by atoms with Crippen LogP contribution in [0.5, 0.6) is 11.5 Å². The number of ether oxygens (including phenoxy) is 2. The molecule has 0 aliphatic carbocycles. The summed E-state index contributed by atoms with van der Waals surface area (Å²) in [4.78, 5) is 22.1. The molecule has 0 saturated heterocycles. The first kappa shape index (κ1) is 17.5. The van der Waals surface area contributed by atoms with Crippen LogP contribution in [-0.2, 0) is 4.79 Å². The van der Waals surface area contributed by atoms with Crippen LogP contribution in [0.1, 0.15) is 30.9 Å². The van der Waals surface area contributed by atoms with Crippen molar-refractivity contribution in [2.75, 3.05) is 6.61 Å². The zero-order valence-corrected chi connectivity index (χ0v) is 13.8. The van der Waals surface area contributed by atoms with Gasteiger partial charge < -0.3 is 9.47 Å². The van der Waals surface area contributed by atoms with E-state index in [0.29, 0.717) is 17.2 Å². The van der Waals surface area contributed by atoms with Crippen molar-refractivity contribution < 1.29 is 19.2 Å². The molecular formula is C18H19NO5. The molecule has 2 aromatic rings. The molecule has 0 amide bonds. The second-order valence-electron chi connectivity index (χ2n) is 5.69. The van der Waals surface area contributed by atoms with Crippen molar-refractivity contribution in [2.45, 2.75) is 26.7 Å². The van der Waals surface area contributed by atoms with Crippen molar-refractivity contribution in [3.63, 3.8) is 0 Å². The Kier molecular flexibility index (Phi) is 5.52. The van der Waals surface area contributed by atoms with Crippen molar-refractivity contribution in [2.24, 2.45) is 0 Å². The highest BCUT2D eigenvalue weighted by Gasteiger charge is 2.13. The van der Waals surface area contributed by atoms with Gasteiger partial charge in [0.05, 0.1) is 4.92 Å². The average molecular weight is 329 g/mol. The molecule has 6 nitrogen and oxygen atoms in total. The molecule has 6 heteroatoms. The van der Waals surface area contributed by atoms with Gasteiger partial charge in [0, 0.05) is 11.6 Å². The standard InChI is InChI=1S/C18H19NO5/c1-12(2)14-4-6-15(7-5-14)23-11-18(20)24-16-8-9-17(19(21)22)13(3)10-16/h4-10,12H,11H2,1-3H3. The Morgan fingerprint density at radius 1 is 1.12 bits per heavy atom. The van der Waals surface area contributed by atoms with Crippen LogP contribution in [0.2, 0.25) is 0 Å². The molecular weight excluding hydrogens is 310 g/mol. The van der Waals surface area contributed by atoms with Crippen LogP contribution in [0.3, 0.4) is 0 Å². The number of rotatable bonds is 6. The van der Waals surface area contributed by atoms with E-state index in [2.05, 4.69) is 13.8 Å². The third kappa shape index (κ3) is 4.55. The molecule has 2 rings (SSSR count). The number of carbonyl (C=O) groups is 1. The molecule has 0 heterocycles. The predicted molar refractivity (Wildman–Crippen MR) is 89.5 cm³/mol. The predicted octanol–water partition coefficient (Wildman–Crippen LogP) is 4.01. The highest BCUT2D eigenvalue weighted by molar-refractivity contribution is 5.74. The lowest BCUT2D eigenvalue weighted by Crippen LogP contribution is -2.17. The zero-order valence-electron chi connectivity index (χ0n) is 13.8. The smallest absolute Gasteiger partial charge is 0.349 e. The summed E-state index contributed by atoms with van der Waals surface area (Å²) in [5.74, 6) is 0.684. The number of nitro groups is 1. The summed E-state index contributed by atoms with van der Waals surface area (Å²) in [6.07, 6.45) is 0. The molecule has 0 N–H and O–H groups in total. The van der Waals surface area contributed by atoms with Crippen molar-refractivity contribution in [1.29, 1.82) is 0 Å². The van der Waals surface area contributed by atoms with Crippen LogP contribution in [0, 0.1) is 17.0 Å². The van der Waals surface area contributed by atoms with Gasteiger partial charge in [-0.2, -0.15) is 0 Å². The van der Waals surface area contributed by atoms with E-state index in [1.807, 2.05) is 12.1 Å². The van der Waals surface area contributed by atoms with Gasteiger partial charge in [-0.1, -0.05) is 26.0 Å². The van der Waals surface area contributed by atoms with Gasteiger partial charge >= 0.3 is 5.97 Å². The molecule has 0 unspecified atom stereocenters. The fourth-order valence-corrected chi connectivity index (χ4v) is 2.15. The maximum atomic E-state index is 11.8. The summed E-state index contributed by atoms with van der Waals surface area (Å²) in [5.41, 5.74) is 1.60. The molecule has 126 valence electrons. The summed E-state index contributed by atoms with van der Waals surface area (Å²) >= 11 is 0. The SMILES string of the molecule is Cc1cc(OC(=O)COc2ccc(C(C)C)cc2)ccc1[N+](=O)[O-]. The van der Waals surface area contributed by atoms with E-state index in [-0.39, 0.29) is 18.0 Å². The number of nitro benzene ring substituents is 1. The molecule has 0 atom stereocenters. The Bertz CT molecular complexity index is 738. The number of nitrogens with zero attached hydrogens (tertiary/aromatic N) is 1. The molecule has 2 aromatic carbocycles. The van der Waals surface area contributed by atoms with Gasteiger partial charge in [-0.05, 0) is 42.7 Å². The lowest BCUT2D eigenvalue weighted by Gasteiger charge is -2.09. The normalized spacial score (nSPS) is 10.5. The van der Waals surface area contributed by atoms with E-state index in [1.165, 1.54) is 23.8 Å². The monoisotopic (exact) mass is 329 g/mol. The van der Waals surface area contributed by atoms with E-state index in [0.717, 1.165) is 0 Å². The second kappa shape index (κ2) is 7.59. The quantitative estimate of drug-likeness (QED) is 0.346. The number of benzene rings is 2. The average Bonchev–Trinajstić information content (AvgIpc) is 2.53. The van der Waals surface area contributed by atoms with Crippen molar-refractivity contribution >= 4 is 11.7 Å². The minimum Gasteiger partial charge on any atom is -0.482 e. The molecule has 0 aliphatic rings. The summed E-state index contributed by atoms with van der Waals surface area (Å²) in [6, 6.07) is 11.7. The minimum atomic E-state index is -0.573. The van der Waals surface area contributed by atoms with E-state index < -0.39 is 10.9 Å². The molecule has 0 fully saturated rings. The fraction of sp³-hybridized carbons (Fsp3) is 0.278. The van der Waals surface area contributed by atoms with E-state index in [4.69, 9.17) is 9.47 Å². The highest BCUT2D eigenvalue weighted by atomic mass is 16.6. The maximum absolute atomic E-state index is 11.8. The van der Waals surface area contributed by atoms with Crippen molar-refractivity contribution in [1.82, 2.24) is 0 Å². The van der Waals surface area contributed by atoms with Gasteiger partial charge in [0.2, 0.25) is 0 Å². The van der Waals surface area contributed by atoms with E-state index in [9.17, 15) is 14.9 Å². The lowest BCUT2D eigenvalue weighted by molar-refractivity contribution is -0.385. The van der Waals surface area contributed by atoms with Crippen LogP contribution < -0.4 is 9.47 Å². The van der Waals surface area contributed by atoms with Crippen LogP contribution in [0.4, 0.5) is 5.69 Å². The van der Waals surface area contributed by atoms with Gasteiger partial charge in [-0.3, -0.25) is 10.1 Å². The Balaban J connectivity index is 1.91. The van der Waals surface area contributed by atoms with Gasteiger partial charge in [0.1, 0.15) is 11.5 Å². The van der Waals surface area contributed by atoms with E-state index >= 15 is 0 Å². The van der Waals surface area contributed by atoms with Crippen LogP contribution in [0.15, 0.2) is 42.5 Å². The summed E-state index contributed by atoms with van der Waals surface area (Å²) in [5, 5.41) is 10.8. The maximum Gasteiger partial charge on any atom is 0.349 e. The summed E-state index contributed by atoms with van der Waals surface area (Å²) < 4.78 is 10.5. The molecule has 0 aromatic heterocycles. The summed E-state index contributed by atoms with van der Waals surface area (Å²) in [6.45, 7) is 5.54. The first-order chi connectivity index (χ1) is 11.4. The van der Waals surface area contributed by atoms with Gasteiger partial charge in [0.15, 0.2) is 6.61 Å². The number of carbonyl (C=O) groups excluding carboxylic acids is 1. The van der Waals surface area contributed by atoms with Gasteiger partial charge in [-0.15, -0.1) is 0 Å². The van der Waals surface area contributed by atoms with Crippen LogP contribution in [-0.4, -0.2) is 17.5 Å². The van der Waals surface area contributed by atoms with Gasteiger partial charge in [0.25, 0.3) is 5.69 Å². The Labute approximate surface area is 140 Å². The topological polar surface area (TPSA) is 78.7 Å². The second-order valence-corrected chi connectivity index (χ2v) is 5.69. The molecule has 0 radical (unpaired) electrons. The Morgan fingerprint density at radius 2 is 1.75 bits per heavy atom. The largest absolute Gasteiger partial charge is 0.482 e. The molecule has 0 bridgehead atoms. The highest BCUT2D eigenvalue weighted by Crippen LogP contribution is 2.23. The van der Waals surface area contributed by atoms with Crippen molar-refractivity contribution in [3.05, 3.63) is 63.7 Å². The van der Waals surface area contributed by atoms with Crippen LogP contribution >= 0.6 is 0 Å². The van der Waals surface area contributed by atoms with E-state index in [1.54, 1.807) is 19.1 Å². The summed E-state index contributed by atoms with van der Waals surface area (Å²) in [7, 11) is 0. The number of hydrogen-bond acceptors (Lipinski definition) is 5. The number of hydrogen-bond donors (Lipinski definition) is 0. The third-order valence-corrected chi connectivity index (χ3v) is 3.50. The Morgan fingerprint density at radius 3 is 2.29 bits per heavy atom. The molecule has 0 aliphatic heterocycles. The molecule has 0 saturated carbocycles. The fourth-order valence-electron chi connectivity index (χ4n) is 2.15. The number of aryl methyl sites for hydroxylation is 1. The first-order valence-corrected chi connectivity index (χ1v) is 7.55. The Hall–Kier alpha value is -2.89.